The highest BCUT2D eigenvalue weighted by Crippen LogP contribution is 2.28. The molecule has 1 fully saturated rings. The van der Waals surface area contributed by atoms with Crippen LogP contribution >= 0.6 is 0 Å². The van der Waals surface area contributed by atoms with Crippen molar-refractivity contribution in [3.8, 4) is 0 Å². The predicted molar refractivity (Wildman–Crippen MR) is 73.0 cm³/mol. The molecule has 104 valence electrons. The summed E-state index contributed by atoms with van der Waals surface area (Å²) in [6.45, 7) is 1.46. The fraction of sp³-hybridized carbons (Fsp3) is 0.500. The van der Waals surface area contributed by atoms with Crippen LogP contribution in [0.3, 0.4) is 0 Å². The average molecular weight is 264 g/mol. The van der Waals surface area contributed by atoms with E-state index in [1.54, 1.807) is 18.2 Å². The van der Waals surface area contributed by atoms with Gasteiger partial charge in [0, 0.05) is 24.4 Å². The maximum atomic E-state index is 11.0. The molecule has 1 atom stereocenters. The van der Waals surface area contributed by atoms with Crippen LogP contribution in [0.2, 0.25) is 0 Å². The summed E-state index contributed by atoms with van der Waals surface area (Å²) in [4.78, 5) is 11.0. The molecule has 5 nitrogen and oxygen atoms in total. The van der Waals surface area contributed by atoms with Crippen molar-refractivity contribution in [2.45, 2.75) is 18.9 Å². The van der Waals surface area contributed by atoms with Gasteiger partial charge in [0.2, 0.25) is 5.91 Å². The van der Waals surface area contributed by atoms with Gasteiger partial charge in [0.05, 0.1) is 12.7 Å². The van der Waals surface area contributed by atoms with E-state index in [1.807, 2.05) is 6.07 Å². The molecule has 0 saturated heterocycles. The van der Waals surface area contributed by atoms with Crippen LogP contribution in [0.5, 0.6) is 0 Å². The molecule has 1 aromatic rings. The molecular formula is C14H20N2O3. The molecule has 1 aromatic carbocycles. The summed E-state index contributed by atoms with van der Waals surface area (Å²) in [6, 6.07) is 6.89. The maximum absolute atomic E-state index is 11.0. The number of amides is 1. The smallest absolute Gasteiger partial charge is 0.248 e. The quantitative estimate of drug-likeness (QED) is 0.653. The van der Waals surface area contributed by atoms with E-state index in [0.29, 0.717) is 24.6 Å². The van der Waals surface area contributed by atoms with Crippen molar-refractivity contribution < 1.29 is 14.6 Å². The minimum atomic E-state index is -0.559. The van der Waals surface area contributed by atoms with Crippen molar-refractivity contribution in [2.75, 3.05) is 25.1 Å². The number of aliphatic hydroxyl groups excluding tert-OH is 1. The first-order chi connectivity index (χ1) is 9.15. The van der Waals surface area contributed by atoms with Gasteiger partial charge in [-0.1, -0.05) is 6.07 Å². The van der Waals surface area contributed by atoms with Gasteiger partial charge < -0.3 is 20.9 Å². The first-order valence-corrected chi connectivity index (χ1v) is 6.54. The van der Waals surface area contributed by atoms with E-state index in [9.17, 15) is 9.90 Å². The Kier molecular flexibility index (Phi) is 4.76. The summed E-state index contributed by atoms with van der Waals surface area (Å²) in [6.07, 6.45) is 1.93. The summed E-state index contributed by atoms with van der Waals surface area (Å²) >= 11 is 0. The minimum Gasteiger partial charge on any atom is -0.389 e. The third kappa shape index (κ3) is 4.89. The second kappa shape index (κ2) is 6.54. The van der Waals surface area contributed by atoms with Crippen LogP contribution in [0.25, 0.3) is 0 Å². The molecule has 1 unspecified atom stereocenters. The number of carbonyl (C=O) groups excluding carboxylic acids is 1. The zero-order valence-electron chi connectivity index (χ0n) is 10.8. The molecule has 1 amide bonds. The molecule has 1 aliphatic rings. The van der Waals surface area contributed by atoms with E-state index >= 15 is 0 Å². The van der Waals surface area contributed by atoms with Gasteiger partial charge in [-0.05, 0) is 37.0 Å². The Labute approximate surface area is 112 Å². The molecule has 2 rings (SSSR count). The van der Waals surface area contributed by atoms with Gasteiger partial charge in [0.1, 0.15) is 0 Å². The molecule has 0 bridgehead atoms. The molecule has 0 heterocycles. The first kappa shape index (κ1) is 13.8. The van der Waals surface area contributed by atoms with Crippen molar-refractivity contribution in [1.82, 2.24) is 0 Å². The molecule has 1 saturated carbocycles. The Bertz CT molecular complexity index is 432. The number of nitrogens with two attached hydrogens (primary N) is 1. The summed E-state index contributed by atoms with van der Waals surface area (Å²) in [5.74, 6) is 0.240. The monoisotopic (exact) mass is 264 g/mol. The van der Waals surface area contributed by atoms with Crippen LogP contribution < -0.4 is 11.1 Å². The van der Waals surface area contributed by atoms with Crippen molar-refractivity contribution in [2.24, 2.45) is 11.7 Å². The Morgan fingerprint density at radius 2 is 2.32 bits per heavy atom. The highest BCUT2D eigenvalue weighted by atomic mass is 16.5. The predicted octanol–water partition coefficient (Wildman–Crippen LogP) is 0.985. The van der Waals surface area contributed by atoms with Crippen molar-refractivity contribution >= 4 is 11.6 Å². The van der Waals surface area contributed by atoms with E-state index < -0.39 is 12.0 Å². The third-order valence-corrected chi connectivity index (χ3v) is 3.05. The largest absolute Gasteiger partial charge is 0.389 e. The Balaban J connectivity index is 1.70. The number of rotatable bonds is 8. The molecule has 1 aliphatic carbocycles. The van der Waals surface area contributed by atoms with E-state index in [4.69, 9.17) is 10.5 Å². The molecule has 0 aromatic heterocycles. The summed E-state index contributed by atoms with van der Waals surface area (Å²) in [7, 11) is 0. The van der Waals surface area contributed by atoms with Gasteiger partial charge in [-0.3, -0.25) is 4.79 Å². The number of anilines is 1. The van der Waals surface area contributed by atoms with E-state index in [-0.39, 0.29) is 0 Å². The first-order valence-electron chi connectivity index (χ1n) is 6.54. The van der Waals surface area contributed by atoms with Crippen molar-refractivity contribution in [3.63, 3.8) is 0 Å². The second-order valence-electron chi connectivity index (χ2n) is 4.96. The molecule has 4 N–H and O–H groups in total. The molecule has 0 aliphatic heterocycles. The molecule has 0 spiro atoms. The highest BCUT2D eigenvalue weighted by Gasteiger charge is 2.21. The Morgan fingerprint density at radius 3 is 3.00 bits per heavy atom. The zero-order chi connectivity index (χ0) is 13.7. The number of nitrogens with one attached hydrogen (secondary N) is 1. The lowest BCUT2D eigenvalue weighted by Gasteiger charge is -2.13. The molecule has 5 heteroatoms. The standard InChI is InChI=1S/C14H20N2O3/c15-14(18)11-2-1-3-12(6-11)16-7-13(17)9-19-8-10-4-5-10/h1-3,6,10,13,16-17H,4-5,7-9H2,(H2,15,18). The minimum absolute atomic E-state index is 0.332. The van der Waals surface area contributed by atoms with E-state index in [1.165, 1.54) is 12.8 Å². The highest BCUT2D eigenvalue weighted by molar-refractivity contribution is 5.93. The van der Waals surface area contributed by atoms with Gasteiger partial charge >= 0.3 is 0 Å². The number of hydrogen-bond donors (Lipinski definition) is 3. The number of primary amides is 1. The van der Waals surface area contributed by atoms with Crippen LogP contribution in [0.1, 0.15) is 23.2 Å². The van der Waals surface area contributed by atoms with Gasteiger partial charge in [-0.2, -0.15) is 0 Å². The molecule has 0 radical (unpaired) electrons. The normalized spacial score (nSPS) is 16.1. The Hall–Kier alpha value is -1.59. The van der Waals surface area contributed by atoms with Gasteiger partial charge in [-0.25, -0.2) is 0 Å². The molecule has 19 heavy (non-hydrogen) atoms. The lowest BCUT2D eigenvalue weighted by atomic mass is 10.2. The molecular weight excluding hydrogens is 244 g/mol. The van der Waals surface area contributed by atoms with Crippen LogP contribution in [0, 0.1) is 5.92 Å². The summed E-state index contributed by atoms with van der Waals surface area (Å²) in [5.41, 5.74) is 6.41. The number of aliphatic hydroxyl groups is 1. The fourth-order valence-corrected chi connectivity index (χ4v) is 1.73. The second-order valence-corrected chi connectivity index (χ2v) is 4.96. The number of hydrogen-bond acceptors (Lipinski definition) is 4. The summed E-state index contributed by atoms with van der Waals surface area (Å²) in [5, 5.41) is 12.8. The van der Waals surface area contributed by atoms with Crippen LogP contribution in [-0.2, 0) is 4.74 Å². The van der Waals surface area contributed by atoms with Gasteiger partial charge in [-0.15, -0.1) is 0 Å². The summed E-state index contributed by atoms with van der Waals surface area (Å²) < 4.78 is 5.41. The number of benzene rings is 1. The average Bonchev–Trinajstić information content (AvgIpc) is 3.21. The van der Waals surface area contributed by atoms with E-state index in [2.05, 4.69) is 5.32 Å². The van der Waals surface area contributed by atoms with E-state index in [0.717, 1.165) is 12.3 Å². The van der Waals surface area contributed by atoms with Crippen molar-refractivity contribution in [3.05, 3.63) is 29.8 Å². The lowest BCUT2D eigenvalue weighted by molar-refractivity contribution is 0.0386. The number of carbonyl (C=O) groups is 1. The van der Waals surface area contributed by atoms with Crippen LogP contribution in [0.4, 0.5) is 5.69 Å². The number of ether oxygens (including phenoxy) is 1. The van der Waals surface area contributed by atoms with Crippen molar-refractivity contribution in [1.29, 1.82) is 0 Å². The van der Waals surface area contributed by atoms with Gasteiger partial charge in [0.25, 0.3) is 0 Å². The van der Waals surface area contributed by atoms with Crippen LogP contribution in [-0.4, -0.2) is 36.9 Å². The lowest BCUT2D eigenvalue weighted by Crippen LogP contribution is -2.25. The van der Waals surface area contributed by atoms with Crippen LogP contribution in [0.15, 0.2) is 24.3 Å². The third-order valence-electron chi connectivity index (χ3n) is 3.05. The fourth-order valence-electron chi connectivity index (χ4n) is 1.73. The Morgan fingerprint density at radius 1 is 1.53 bits per heavy atom. The topological polar surface area (TPSA) is 84.6 Å². The zero-order valence-corrected chi connectivity index (χ0v) is 10.8. The SMILES string of the molecule is NC(=O)c1cccc(NCC(O)COCC2CC2)c1. The van der Waals surface area contributed by atoms with Gasteiger partial charge in [0.15, 0.2) is 0 Å². The maximum Gasteiger partial charge on any atom is 0.248 e.